The minimum Gasteiger partial charge on any atom is -0.490 e. The second kappa shape index (κ2) is 10.6. The number of hydrogen-bond donors (Lipinski definition) is 0. The molecule has 0 aromatic heterocycles. The minimum absolute atomic E-state index is 0.266. The second-order valence-electron chi connectivity index (χ2n) is 7.25. The van der Waals surface area contributed by atoms with E-state index in [4.69, 9.17) is 14.2 Å². The van der Waals surface area contributed by atoms with E-state index in [2.05, 4.69) is 11.9 Å². The van der Waals surface area contributed by atoms with Gasteiger partial charge in [-0.15, -0.1) is 0 Å². The Labute approximate surface area is 178 Å². The zero-order valence-electron chi connectivity index (χ0n) is 17.9. The minimum atomic E-state index is -0.458. The molecular weight excluding hydrogens is 378 g/mol. The first kappa shape index (κ1) is 21.6. The molecule has 30 heavy (non-hydrogen) atoms. The maximum atomic E-state index is 12.3. The summed E-state index contributed by atoms with van der Waals surface area (Å²) in [6.45, 7) is 7.30. The fraction of sp³-hybridized carbons (Fsp3) is 0.360. The molecule has 5 nitrogen and oxygen atoms in total. The van der Waals surface area contributed by atoms with Gasteiger partial charge in [-0.2, -0.15) is 0 Å². The molecule has 0 unspecified atom stereocenters. The maximum absolute atomic E-state index is 12.3. The molecule has 0 amide bonds. The standard InChI is InChI=1S/C25H29NO4/c1-4-6-7-8-14-29-22-13-12-19(17-23(22)28-5-2)16-21-25(27)30-24(26-21)20-11-9-10-18(3)15-20/h9-13,15-17H,4-8,14H2,1-3H3/b21-16-. The van der Waals surface area contributed by atoms with Gasteiger partial charge >= 0.3 is 5.97 Å². The van der Waals surface area contributed by atoms with Crippen LogP contribution in [0, 0.1) is 6.92 Å². The maximum Gasteiger partial charge on any atom is 0.363 e. The first-order valence-electron chi connectivity index (χ1n) is 10.6. The Bertz CT molecular complexity index is 946. The second-order valence-corrected chi connectivity index (χ2v) is 7.25. The van der Waals surface area contributed by atoms with Crippen LogP contribution in [0.3, 0.4) is 0 Å². The van der Waals surface area contributed by atoms with Crippen LogP contribution < -0.4 is 9.47 Å². The first-order valence-corrected chi connectivity index (χ1v) is 10.6. The van der Waals surface area contributed by atoms with Crippen LogP contribution in [0.4, 0.5) is 0 Å². The lowest BCUT2D eigenvalue weighted by atomic mass is 10.1. The Hall–Kier alpha value is -3.08. The summed E-state index contributed by atoms with van der Waals surface area (Å²) in [4.78, 5) is 16.7. The van der Waals surface area contributed by atoms with Crippen LogP contribution in [0.5, 0.6) is 11.5 Å². The summed E-state index contributed by atoms with van der Waals surface area (Å²) in [5.74, 6) is 1.25. The highest BCUT2D eigenvalue weighted by Crippen LogP contribution is 2.30. The van der Waals surface area contributed by atoms with Crippen molar-refractivity contribution in [2.45, 2.75) is 46.5 Å². The van der Waals surface area contributed by atoms with Crippen molar-refractivity contribution >= 4 is 17.9 Å². The average molecular weight is 408 g/mol. The Morgan fingerprint density at radius 3 is 2.63 bits per heavy atom. The molecule has 0 bridgehead atoms. The largest absolute Gasteiger partial charge is 0.490 e. The molecule has 0 atom stereocenters. The van der Waals surface area contributed by atoms with E-state index < -0.39 is 5.97 Å². The first-order chi connectivity index (χ1) is 14.6. The molecule has 0 saturated carbocycles. The van der Waals surface area contributed by atoms with Gasteiger partial charge in [0.15, 0.2) is 17.2 Å². The molecule has 158 valence electrons. The quantitative estimate of drug-likeness (QED) is 0.288. The van der Waals surface area contributed by atoms with E-state index in [0.29, 0.717) is 30.6 Å². The summed E-state index contributed by atoms with van der Waals surface area (Å²) in [6.07, 6.45) is 6.31. The zero-order chi connectivity index (χ0) is 21.3. The number of cyclic esters (lactones) is 1. The highest BCUT2D eigenvalue weighted by Gasteiger charge is 2.24. The van der Waals surface area contributed by atoms with Crippen LogP contribution in [0.1, 0.15) is 56.2 Å². The Kier molecular flexibility index (Phi) is 7.66. The molecule has 1 aliphatic rings. The summed E-state index contributed by atoms with van der Waals surface area (Å²) >= 11 is 0. The van der Waals surface area contributed by atoms with Gasteiger partial charge in [-0.25, -0.2) is 9.79 Å². The third-order valence-corrected chi connectivity index (χ3v) is 4.71. The lowest BCUT2D eigenvalue weighted by Gasteiger charge is -2.12. The molecule has 0 fully saturated rings. The van der Waals surface area contributed by atoms with Crippen LogP contribution >= 0.6 is 0 Å². The molecule has 0 spiro atoms. The van der Waals surface area contributed by atoms with Crippen molar-refractivity contribution in [3.05, 3.63) is 64.9 Å². The Balaban J connectivity index is 1.77. The molecular formula is C25H29NO4. The van der Waals surface area contributed by atoms with E-state index in [9.17, 15) is 4.79 Å². The number of nitrogens with zero attached hydrogens (tertiary/aromatic N) is 1. The van der Waals surface area contributed by atoms with Gasteiger partial charge in [0.25, 0.3) is 0 Å². The lowest BCUT2D eigenvalue weighted by molar-refractivity contribution is -0.129. The van der Waals surface area contributed by atoms with Crippen molar-refractivity contribution < 1.29 is 19.0 Å². The number of esters is 1. The van der Waals surface area contributed by atoms with Crippen molar-refractivity contribution in [1.29, 1.82) is 0 Å². The highest BCUT2D eigenvalue weighted by atomic mass is 16.6. The SMILES string of the molecule is CCCCCCOc1ccc(/C=C2\N=C(c3cccc(C)c3)OC2=O)cc1OCC. The summed E-state index contributed by atoms with van der Waals surface area (Å²) in [6, 6.07) is 13.4. The van der Waals surface area contributed by atoms with Crippen molar-refractivity contribution in [1.82, 2.24) is 0 Å². The number of ether oxygens (including phenoxy) is 3. The van der Waals surface area contributed by atoms with Crippen LogP contribution in [0.25, 0.3) is 6.08 Å². The van der Waals surface area contributed by atoms with Gasteiger partial charge in [0.2, 0.25) is 5.90 Å². The third kappa shape index (κ3) is 5.72. The normalized spacial score (nSPS) is 14.6. The van der Waals surface area contributed by atoms with Crippen molar-refractivity contribution in [2.24, 2.45) is 4.99 Å². The monoisotopic (exact) mass is 407 g/mol. The van der Waals surface area contributed by atoms with E-state index in [1.54, 1.807) is 6.08 Å². The summed E-state index contributed by atoms with van der Waals surface area (Å²) in [7, 11) is 0. The average Bonchev–Trinajstić information content (AvgIpc) is 3.10. The molecule has 0 N–H and O–H groups in total. The fourth-order valence-corrected chi connectivity index (χ4v) is 3.18. The van der Waals surface area contributed by atoms with Crippen LogP contribution in [0.2, 0.25) is 0 Å². The lowest BCUT2D eigenvalue weighted by Crippen LogP contribution is -2.05. The van der Waals surface area contributed by atoms with E-state index in [-0.39, 0.29) is 5.70 Å². The smallest absolute Gasteiger partial charge is 0.363 e. The number of carbonyl (C=O) groups is 1. The summed E-state index contributed by atoms with van der Waals surface area (Å²) in [5, 5.41) is 0. The summed E-state index contributed by atoms with van der Waals surface area (Å²) in [5.41, 5.74) is 2.93. The van der Waals surface area contributed by atoms with E-state index in [0.717, 1.165) is 29.5 Å². The van der Waals surface area contributed by atoms with E-state index in [1.807, 2.05) is 56.3 Å². The topological polar surface area (TPSA) is 57.1 Å². The third-order valence-electron chi connectivity index (χ3n) is 4.71. The van der Waals surface area contributed by atoms with E-state index in [1.165, 1.54) is 12.8 Å². The number of rotatable bonds is 10. The molecule has 0 aliphatic carbocycles. The number of aryl methyl sites for hydroxylation is 1. The molecule has 0 radical (unpaired) electrons. The molecule has 5 heteroatoms. The molecule has 2 aromatic carbocycles. The molecule has 3 rings (SSSR count). The predicted molar refractivity (Wildman–Crippen MR) is 119 cm³/mol. The number of unbranched alkanes of at least 4 members (excludes halogenated alkanes) is 3. The Morgan fingerprint density at radius 2 is 1.87 bits per heavy atom. The predicted octanol–water partition coefficient (Wildman–Crippen LogP) is 5.70. The fourth-order valence-electron chi connectivity index (χ4n) is 3.18. The Morgan fingerprint density at radius 1 is 1.00 bits per heavy atom. The molecule has 0 saturated heterocycles. The highest BCUT2D eigenvalue weighted by molar-refractivity contribution is 6.12. The van der Waals surface area contributed by atoms with Crippen molar-refractivity contribution in [3.8, 4) is 11.5 Å². The molecule has 1 aliphatic heterocycles. The number of carbonyl (C=O) groups excluding carboxylic acids is 1. The van der Waals surface area contributed by atoms with Gasteiger partial charge in [0.05, 0.1) is 13.2 Å². The van der Waals surface area contributed by atoms with Crippen molar-refractivity contribution in [2.75, 3.05) is 13.2 Å². The molecule has 1 heterocycles. The zero-order valence-corrected chi connectivity index (χ0v) is 17.9. The van der Waals surface area contributed by atoms with Crippen LogP contribution in [-0.2, 0) is 9.53 Å². The number of hydrogen-bond acceptors (Lipinski definition) is 5. The van der Waals surface area contributed by atoms with Gasteiger partial charge in [-0.3, -0.25) is 0 Å². The van der Waals surface area contributed by atoms with Gasteiger partial charge in [-0.05, 0) is 56.2 Å². The van der Waals surface area contributed by atoms with Gasteiger partial charge < -0.3 is 14.2 Å². The van der Waals surface area contributed by atoms with Crippen molar-refractivity contribution in [3.63, 3.8) is 0 Å². The number of benzene rings is 2. The molecule has 2 aromatic rings. The van der Waals surface area contributed by atoms with E-state index >= 15 is 0 Å². The van der Waals surface area contributed by atoms with Gasteiger partial charge in [0, 0.05) is 5.56 Å². The van der Waals surface area contributed by atoms with Gasteiger partial charge in [0.1, 0.15) is 0 Å². The van der Waals surface area contributed by atoms with Crippen LogP contribution in [-0.4, -0.2) is 25.1 Å². The van der Waals surface area contributed by atoms with Crippen LogP contribution in [0.15, 0.2) is 53.2 Å². The van der Waals surface area contributed by atoms with Gasteiger partial charge in [-0.1, -0.05) is 49.9 Å². The number of aliphatic imine (C=N–C) groups is 1. The summed E-state index contributed by atoms with van der Waals surface area (Å²) < 4.78 is 17.0.